The van der Waals surface area contributed by atoms with Gasteiger partial charge in [-0.25, -0.2) is 9.37 Å². The van der Waals surface area contributed by atoms with Gasteiger partial charge < -0.3 is 14.8 Å². The third-order valence-electron chi connectivity index (χ3n) is 4.28. The van der Waals surface area contributed by atoms with Gasteiger partial charge in [-0.1, -0.05) is 13.0 Å². The number of nitrogens with zero attached hydrogens (tertiary/aromatic N) is 1. The summed E-state index contributed by atoms with van der Waals surface area (Å²) in [5.74, 6) is 0.234. The van der Waals surface area contributed by atoms with Crippen LogP contribution in [0.3, 0.4) is 0 Å². The van der Waals surface area contributed by atoms with E-state index in [1.54, 1.807) is 13.3 Å². The van der Waals surface area contributed by atoms with Gasteiger partial charge in [-0.15, -0.1) is 0 Å². The molecular formula is C17H19FN2O3. The highest BCUT2D eigenvalue weighted by atomic mass is 19.1. The van der Waals surface area contributed by atoms with Gasteiger partial charge in [-0.05, 0) is 30.0 Å². The summed E-state index contributed by atoms with van der Waals surface area (Å²) >= 11 is 0. The van der Waals surface area contributed by atoms with Crippen molar-refractivity contribution in [3.8, 4) is 11.6 Å². The number of ether oxygens (including phenoxy) is 2. The smallest absolute Gasteiger partial charge is 0.255 e. The predicted molar refractivity (Wildman–Crippen MR) is 84.4 cm³/mol. The Morgan fingerprint density at radius 2 is 2.17 bits per heavy atom. The molecule has 3 rings (SSSR count). The average molecular weight is 318 g/mol. The second-order valence-electron chi connectivity index (χ2n) is 5.60. The Hall–Kier alpha value is -2.37. The van der Waals surface area contributed by atoms with Gasteiger partial charge in [0, 0.05) is 17.5 Å². The summed E-state index contributed by atoms with van der Waals surface area (Å²) in [4.78, 5) is 15.7. The largest absolute Gasteiger partial charge is 0.497 e. The Morgan fingerprint density at radius 1 is 1.35 bits per heavy atom. The molecule has 0 unspecified atom stereocenters. The summed E-state index contributed by atoms with van der Waals surface area (Å²) in [6.45, 7) is 2.06. The van der Waals surface area contributed by atoms with Crippen LogP contribution in [-0.4, -0.2) is 36.8 Å². The van der Waals surface area contributed by atoms with Gasteiger partial charge in [-0.3, -0.25) is 4.79 Å². The van der Waals surface area contributed by atoms with Gasteiger partial charge in [0.2, 0.25) is 5.88 Å². The molecular weight excluding hydrogens is 299 g/mol. The number of hydrogen-bond donors (Lipinski definition) is 1. The molecule has 23 heavy (non-hydrogen) atoms. The minimum Gasteiger partial charge on any atom is -0.497 e. The van der Waals surface area contributed by atoms with Gasteiger partial charge >= 0.3 is 0 Å². The molecule has 0 radical (unpaired) electrons. The quantitative estimate of drug-likeness (QED) is 0.920. The number of pyridine rings is 1. The Morgan fingerprint density at radius 3 is 2.91 bits per heavy atom. The van der Waals surface area contributed by atoms with Crippen LogP contribution in [0.4, 0.5) is 4.39 Å². The number of hydrogen-bond acceptors (Lipinski definition) is 4. The second-order valence-corrected chi connectivity index (χ2v) is 5.60. The fourth-order valence-corrected chi connectivity index (χ4v) is 2.96. The fourth-order valence-electron chi connectivity index (χ4n) is 2.96. The highest BCUT2D eigenvalue weighted by molar-refractivity contribution is 5.88. The zero-order chi connectivity index (χ0) is 16.4. The Bertz CT molecular complexity index is 722. The van der Waals surface area contributed by atoms with Crippen molar-refractivity contribution < 1.29 is 18.7 Å². The highest BCUT2D eigenvalue weighted by Crippen LogP contribution is 2.29. The number of aromatic nitrogens is 1. The zero-order valence-electron chi connectivity index (χ0n) is 13.1. The molecule has 1 saturated heterocycles. The summed E-state index contributed by atoms with van der Waals surface area (Å²) < 4.78 is 24.8. The molecule has 1 N–H and O–H groups in total. The first kappa shape index (κ1) is 15.5. The number of carbonyl (C=O) groups is 1. The van der Waals surface area contributed by atoms with Crippen molar-refractivity contribution in [3.63, 3.8) is 0 Å². The van der Waals surface area contributed by atoms with E-state index >= 15 is 0 Å². The molecule has 1 aliphatic rings. The molecule has 5 nitrogen and oxygen atoms in total. The number of rotatable bonds is 5. The van der Waals surface area contributed by atoms with Gasteiger partial charge in [0.1, 0.15) is 12.4 Å². The molecule has 0 bridgehead atoms. The van der Waals surface area contributed by atoms with Crippen LogP contribution < -0.4 is 14.8 Å². The number of fused-ring (bicyclic) bond motifs is 1. The molecule has 6 heteroatoms. The van der Waals surface area contributed by atoms with Crippen LogP contribution in [-0.2, 0) is 4.79 Å². The van der Waals surface area contributed by atoms with Crippen LogP contribution >= 0.6 is 0 Å². The molecule has 2 aromatic rings. The van der Waals surface area contributed by atoms with E-state index in [2.05, 4.69) is 10.3 Å². The molecule has 1 aromatic carbocycles. The van der Waals surface area contributed by atoms with E-state index in [4.69, 9.17) is 9.47 Å². The van der Waals surface area contributed by atoms with Gasteiger partial charge in [0.05, 0.1) is 13.2 Å². The van der Waals surface area contributed by atoms with Gasteiger partial charge in [-0.2, -0.15) is 0 Å². The lowest BCUT2D eigenvalue weighted by molar-refractivity contribution is -0.123. The van der Waals surface area contributed by atoms with E-state index in [0.29, 0.717) is 18.1 Å². The first-order chi connectivity index (χ1) is 11.1. The SMILES string of the molecule is CC[C@@H]1[C@@H](COc2nccc3ccc(OC)cc23)NC(=O)[C@@H]1F. The summed E-state index contributed by atoms with van der Waals surface area (Å²) in [7, 11) is 1.60. The Labute approximate surface area is 133 Å². The van der Waals surface area contributed by atoms with E-state index in [1.165, 1.54) is 0 Å². The number of nitrogens with one attached hydrogen (secondary N) is 1. The predicted octanol–water partition coefficient (Wildman–Crippen LogP) is 2.48. The van der Waals surface area contributed by atoms with Crippen molar-refractivity contribution in [3.05, 3.63) is 30.5 Å². The van der Waals surface area contributed by atoms with Crippen molar-refractivity contribution in [1.82, 2.24) is 10.3 Å². The Kier molecular flexibility index (Phi) is 4.32. The van der Waals surface area contributed by atoms with Gasteiger partial charge in [0.15, 0.2) is 6.17 Å². The summed E-state index contributed by atoms with van der Waals surface area (Å²) in [5.41, 5.74) is 0. The second kappa shape index (κ2) is 6.40. The van der Waals surface area contributed by atoms with Crippen LogP contribution in [0, 0.1) is 5.92 Å². The molecule has 1 aliphatic heterocycles. The molecule has 2 heterocycles. The minimum absolute atomic E-state index is 0.188. The molecule has 0 aliphatic carbocycles. The lowest BCUT2D eigenvalue weighted by Gasteiger charge is -2.18. The van der Waals surface area contributed by atoms with Gasteiger partial charge in [0.25, 0.3) is 5.91 Å². The maximum atomic E-state index is 13.8. The van der Waals surface area contributed by atoms with Crippen molar-refractivity contribution in [2.24, 2.45) is 5.92 Å². The number of alkyl halides is 1. The highest BCUT2D eigenvalue weighted by Gasteiger charge is 2.41. The number of methoxy groups -OCH3 is 1. The summed E-state index contributed by atoms with van der Waals surface area (Å²) in [6.07, 6.45) is 0.770. The Balaban J connectivity index is 1.80. The van der Waals surface area contributed by atoms with Crippen molar-refractivity contribution in [2.75, 3.05) is 13.7 Å². The molecule has 1 fully saturated rings. The molecule has 0 spiro atoms. The van der Waals surface area contributed by atoms with Crippen molar-refractivity contribution in [2.45, 2.75) is 25.6 Å². The maximum absolute atomic E-state index is 13.8. The summed E-state index contributed by atoms with van der Waals surface area (Å²) in [5, 5.41) is 4.45. The summed E-state index contributed by atoms with van der Waals surface area (Å²) in [6, 6.07) is 7.17. The molecule has 0 saturated carbocycles. The van der Waals surface area contributed by atoms with Crippen LogP contribution in [0.2, 0.25) is 0 Å². The third kappa shape index (κ3) is 2.93. The first-order valence-corrected chi connectivity index (χ1v) is 7.64. The van der Waals surface area contributed by atoms with E-state index in [0.717, 1.165) is 10.8 Å². The third-order valence-corrected chi connectivity index (χ3v) is 4.28. The van der Waals surface area contributed by atoms with E-state index in [-0.39, 0.29) is 18.6 Å². The van der Waals surface area contributed by atoms with Crippen molar-refractivity contribution >= 4 is 16.7 Å². The zero-order valence-corrected chi connectivity index (χ0v) is 13.1. The normalized spacial score (nSPS) is 23.8. The first-order valence-electron chi connectivity index (χ1n) is 7.64. The van der Waals surface area contributed by atoms with E-state index in [1.807, 2.05) is 31.2 Å². The van der Waals surface area contributed by atoms with E-state index < -0.39 is 12.1 Å². The van der Waals surface area contributed by atoms with Crippen LogP contribution in [0.1, 0.15) is 13.3 Å². The molecule has 3 atom stereocenters. The van der Waals surface area contributed by atoms with Crippen LogP contribution in [0.5, 0.6) is 11.6 Å². The molecule has 122 valence electrons. The standard InChI is InChI=1S/C17H19FN2O3/c1-3-12-14(20-16(21)15(12)18)9-23-17-13-8-11(22-2)5-4-10(13)6-7-19-17/h4-8,12,14-15H,3,9H2,1-2H3,(H,20,21)/t12-,14-,15-/m1/s1. The van der Waals surface area contributed by atoms with Crippen LogP contribution in [0.15, 0.2) is 30.5 Å². The van der Waals surface area contributed by atoms with Crippen molar-refractivity contribution in [1.29, 1.82) is 0 Å². The molecule has 1 amide bonds. The average Bonchev–Trinajstić information content (AvgIpc) is 2.86. The monoisotopic (exact) mass is 318 g/mol. The lowest BCUT2D eigenvalue weighted by Crippen LogP contribution is -2.34. The van der Waals surface area contributed by atoms with E-state index in [9.17, 15) is 9.18 Å². The number of amides is 1. The number of carbonyl (C=O) groups excluding carboxylic acids is 1. The maximum Gasteiger partial charge on any atom is 0.255 e. The number of halogens is 1. The minimum atomic E-state index is -1.46. The van der Waals surface area contributed by atoms with Crippen LogP contribution in [0.25, 0.3) is 10.8 Å². The fraction of sp³-hybridized carbons (Fsp3) is 0.412. The number of benzene rings is 1. The lowest BCUT2D eigenvalue weighted by atomic mass is 9.97. The molecule has 1 aromatic heterocycles. The topological polar surface area (TPSA) is 60.5 Å².